The third-order valence-corrected chi connectivity index (χ3v) is 6.00. The van der Waals surface area contributed by atoms with Crippen LogP contribution in [0.3, 0.4) is 0 Å². The van der Waals surface area contributed by atoms with Gasteiger partial charge in [0.2, 0.25) is 5.91 Å². The number of carbonyl (C=O) groups is 2. The van der Waals surface area contributed by atoms with Crippen LogP contribution in [0.1, 0.15) is 30.0 Å². The minimum Gasteiger partial charge on any atom is -0.507 e. The summed E-state index contributed by atoms with van der Waals surface area (Å²) in [6.45, 7) is 3.04. The quantitative estimate of drug-likeness (QED) is 0.127. The van der Waals surface area contributed by atoms with Gasteiger partial charge in [-0.2, -0.15) is 5.26 Å². The molecule has 1 amide bonds. The van der Waals surface area contributed by atoms with E-state index in [-0.39, 0.29) is 22.9 Å². The van der Waals surface area contributed by atoms with Gasteiger partial charge in [-0.05, 0) is 31.5 Å². The van der Waals surface area contributed by atoms with E-state index in [9.17, 15) is 20.0 Å². The maximum atomic E-state index is 13.2. The number of ether oxygens (including phenoxy) is 1. The van der Waals surface area contributed by atoms with Crippen LogP contribution in [-0.2, 0) is 9.53 Å². The minimum absolute atomic E-state index is 0.135. The Balaban J connectivity index is 1.62. The standard InChI is InChI=1S/C27H22N4O4S/c1-16(2)12-23(33)31-26-24(19(15-36-26)17-8-4-3-5-9-17)27(34)35-14-22(32)18(13-28)25-29-20-10-6-7-11-21(20)30-25/h3-12,15,32H,14H2,1-2H3,(H,29,30)(H,31,33). The zero-order valence-corrected chi connectivity index (χ0v) is 20.3. The maximum Gasteiger partial charge on any atom is 0.342 e. The second-order valence-corrected chi connectivity index (χ2v) is 8.92. The summed E-state index contributed by atoms with van der Waals surface area (Å²) in [5, 5.41) is 25.0. The third-order valence-electron chi connectivity index (χ3n) is 5.10. The van der Waals surface area contributed by atoms with Crippen molar-refractivity contribution in [1.82, 2.24) is 9.97 Å². The molecule has 36 heavy (non-hydrogen) atoms. The van der Waals surface area contributed by atoms with Gasteiger partial charge in [0.05, 0.1) is 11.0 Å². The molecule has 180 valence electrons. The topological polar surface area (TPSA) is 128 Å². The fourth-order valence-corrected chi connectivity index (χ4v) is 4.46. The Kier molecular flexibility index (Phi) is 7.28. The largest absolute Gasteiger partial charge is 0.507 e. The van der Waals surface area contributed by atoms with Crippen molar-refractivity contribution in [3.05, 3.63) is 88.8 Å². The van der Waals surface area contributed by atoms with E-state index >= 15 is 0 Å². The Morgan fingerprint density at radius 1 is 1.17 bits per heavy atom. The predicted octanol–water partition coefficient (Wildman–Crippen LogP) is 5.85. The van der Waals surface area contributed by atoms with Crippen LogP contribution in [0, 0.1) is 11.3 Å². The number of rotatable bonds is 7. The molecule has 8 nitrogen and oxygen atoms in total. The molecule has 2 aromatic heterocycles. The van der Waals surface area contributed by atoms with Gasteiger partial charge in [0.25, 0.3) is 0 Å². The van der Waals surface area contributed by atoms with Crippen LogP contribution in [0.25, 0.3) is 27.7 Å². The summed E-state index contributed by atoms with van der Waals surface area (Å²) in [5.41, 5.74) is 3.52. The number of esters is 1. The molecule has 0 radical (unpaired) electrons. The first-order valence-corrected chi connectivity index (χ1v) is 11.8. The molecule has 4 rings (SSSR count). The van der Waals surface area contributed by atoms with Crippen molar-refractivity contribution in [2.24, 2.45) is 0 Å². The lowest BCUT2D eigenvalue weighted by atomic mass is 10.0. The Hall–Kier alpha value is -4.68. The van der Waals surface area contributed by atoms with E-state index in [1.54, 1.807) is 31.4 Å². The number of nitriles is 1. The van der Waals surface area contributed by atoms with Crippen molar-refractivity contribution in [1.29, 1.82) is 5.26 Å². The highest BCUT2D eigenvalue weighted by Crippen LogP contribution is 2.36. The smallest absolute Gasteiger partial charge is 0.342 e. The first kappa shape index (κ1) is 24.4. The molecule has 0 fully saturated rings. The number of hydrogen-bond donors (Lipinski definition) is 3. The summed E-state index contributed by atoms with van der Waals surface area (Å²) in [7, 11) is 0. The molecule has 0 atom stereocenters. The van der Waals surface area contributed by atoms with Crippen LogP contribution in [0.15, 0.2) is 77.4 Å². The summed E-state index contributed by atoms with van der Waals surface area (Å²) < 4.78 is 5.39. The van der Waals surface area contributed by atoms with Gasteiger partial charge in [0.15, 0.2) is 11.6 Å². The van der Waals surface area contributed by atoms with Gasteiger partial charge in [-0.15, -0.1) is 11.3 Å². The van der Waals surface area contributed by atoms with Crippen LogP contribution in [0.5, 0.6) is 0 Å². The Labute approximate surface area is 211 Å². The highest BCUT2D eigenvalue weighted by atomic mass is 32.1. The number of imidazole rings is 1. The number of aromatic amines is 1. The number of anilines is 1. The van der Waals surface area contributed by atoms with Gasteiger partial charge < -0.3 is 20.1 Å². The number of amides is 1. The third kappa shape index (κ3) is 5.35. The number of para-hydroxylation sites is 2. The highest BCUT2D eigenvalue weighted by Gasteiger charge is 2.24. The lowest BCUT2D eigenvalue weighted by Crippen LogP contribution is -2.14. The number of aliphatic hydroxyl groups is 1. The molecule has 4 aromatic rings. The number of benzene rings is 2. The molecule has 0 spiro atoms. The molecule has 0 aliphatic carbocycles. The maximum absolute atomic E-state index is 13.2. The first-order chi connectivity index (χ1) is 17.4. The fourth-order valence-electron chi connectivity index (χ4n) is 3.50. The molecule has 9 heteroatoms. The SMILES string of the molecule is CC(C)=CC(=O)Nc1scc(-c2ccccc2)c1C(=O)OCC(O)=C(C#N)c1nc2ccccc2[nH]1. The van der Waals surface area contributed by atoms with Crippen molar-refractivity contribution in [3.8, 4) is 17.2 Å². The number of aromatic nitrogens is 2. The van der Waals surface area contributed by atoms with E-state index in [2.05, 4.69) is 15.3 Å². The van der Waals surface area contributed by atoms with Gasteiger partial charge in [0, 0.05) is 17.0 Å². The van der Waals surface area contributed by atoms with E-state index in [0.29, 0.717) is 21.6 Å². The van der Waals surface area contributed by atoms with E-state index in [0.717, 1.165) is 11.1 Å². The molecule has 0 aliphatic rings. The summed E-state index contributed by atoms with van der Waals surface area (Å²) in [4.78, 5) is 32.8. The number of allylic oxidation sites excluding steroid dienone is 2. The normalized spacial score (nSPS) is 11.4. The second-order valence-electron chi connectivity index (χ2n) is 8.04. The van der Waals surface area contributed by atoms with E-state index in [1.807, 2.05) is 48.5 Å². The molecule has 2 heterocycles. The summed E-state index contributed by atoms with van der Waals surface area (Å²) in [6.07, 6.45) is 1.43. The van der Waals surface area contributed by atoms with Crippen LogP contribution in [0.2, 0.25) is 0 Å². The van der Waals surface area contributed by atoms with Crippen molar-refractivity contribution < 1.29 is 19.4 Å². The summed E-state index contributed by atoms with van der Waals surface area (Å²) >= 11 is 1.20. The molecular weight excluding hydrogens is 476 g/mol. The Morgan fingerprint density at radius 2 is 1.89 bits per heavy atom. The first-order valence-electron chi connectivity index (χ1n) is 10.9. The van der Waals surface area contributed by atoms with Gasteiger partial charge in [0.1, 0.15) is 28.8 Å². The monoisotopic (exact) mass is 498 g/mol. The zero-order chi connectivity index (χ0) is 25.7. The van der Waals surface area contributed by atoms with E-state index in [1.165, 1.54) is 17.4 Å². The summed E-state index contributed by atoms with van der Waals surface area (Å²) in [6, 6.07) is 18.3. The molecule has 3 N–H and O–H groups in total. The van der Waals surface area contributed by atoms with Crippen molar-refractivity contribution >= 4 is 44.8 Å². The molecule has 0 unspecified atom stereocenters. The molecule has 0 aliphatic heterocycles. The number of nitrogens with zero attached hydrogens (tertiary/aromatic N) is 2. The van der Waals surface area contributed by atoms with Gasteiger partial charge in [-0.25, -0.2) is 9.78 Å². The number of hydrogen-bond acceptors (Lipinski definition) is 7. The van der Waals surface area contributed by atoms with Gasteiger partial charge in [-0.1, -0.05) is 48.0 Å². The minimum atomic E-state index is -0.754. The van der Waals surface area contributed by atoms with E-state index < -0.39 is 18.3 Å². The molecular formula is C27H22N4O4S. The fraction of sp³-hybridized carbons (Fsp3) is 0.111. The number of aliphatic hydroxyl groups excluding tert-OH is 1. The lowest BCUT2D eigenvalue weighted by Gasteiger charge is -2.10. The Morgan fingerprint density at radius 3 is 2.58 bits per heavy atom. The average Bonchev–Trinajstić information content (AvgIpc) is 3.47. The molecule has 0 saturated carbocycles. The lowest BCUT2D eigenvalue weighted by molar-refractivity contribution is -0.111. The van der Waals surface area contributed by atoms with Crippen LogP contribution in [0.4, 0.5) is 5.00 Å². The van der Waals surface area contributed by atoms with Crippen molar-refractivity contribution in [2.45, 2.75) is 13.8 Å². The number of thiophene rings is 1. The van der Waals surface area contributed by atoms with Crippen molar-refractivity contribution in [3.63, 3.8) is 0 Å². The molecule has 0 bridgehead atoms. The zero-order valence-electron chi connectivity index (χ0n) is 19.5. The number of H-pyrrole nitrogens is 1. The number of fused-ring (bicyclic) bond motifs is 1. The van der Waals surface area contributed by atoms with Gasteiger partial charge in [-0.3, -0.25) is 4.79 Å². The second kappa shape index (κ2) is 10.7. The van der Waals surface area contributed by atoms with Gasteiger partial charge >= 0.3 is 5.97 Å². The highest BCUT2D eigenvalue weighted by molar-refractivity contribution is 7.15. The van der Waals surface area contributed by atoms with E-state index in [4.69, 9.17) is 4.74 Å². The summed E-state index contributed by atoms with van der Waals surface area (Å²) in [5.74, 6) is -1.40. The Bertz CT molecular complexity index is 1500. The number of nitrogens with one attached hydrogen (secondary N) is 2. The van der Waals surface area contributed by atoms with Crippen LogP contribution >= 0.6 is 11.3 Å². The molecule has 0 saturated heterocycles. The van der Waals surface area contributed by atoms with Crippen molar-refractivity contribution in [2.75, 3.05) is 11.9 Å². The molecule has 2 aromatic carbocycles. The van der Waals surface area contributed by atoms with Crippen LogP contribution in [-0.4, -0.2) is 33.6 Å². The number of carbonyl (C=O) groups excluding carboxylic acids is 2. The average molecular weight is 499 g/mol. The van der Waals surface area contributed by atoms with Crippen LogP contribution < -0.4 is 5.32 Å². The predicted molar refractivity (Wildman–Crippen MR) is 139 cm³/mol.